The fraction of sp³-hybridized carbons (Fsp3) is 0.375. The summed E-state index contributed by atoms with van der Waals surface area (Å²) in [5, 5.41) is 0. The zero-order valence-corrected chi connectivity index (χ0v) is 10.2. The van der Waals surface area contributed by atoms with Crippen LogP contribution in [0.4, 0.5) is 0 Å². The molecule has 0 fully saturated rings. The smallest absolute Gasteiger partial charge is 0.374 e. The number of hydrogen-bond donors (Lipinski definition) is 1. The molecule has 0 spiro atoms. The summed E-state index contributed by atoms with van der Waals surface area (Å²) in [5.74, 6) is -0.379. The average Bonchev–Trinajstić information content (AvgIpc) is 2.20. The summed E-state index contributed by atoms with van der Waals surface area (Å²) in [4.78, 5) is 17.9. The van der Waals surface area contributed by atoms with E-state index < -0.39 is 5.97 Å². The van der Waals surface area contributed by atoms with E-state index in [-0.39, 0.29) is 5.82 Å². The summed E-state index contributed by atoms with van der Waals surface area (Å²) in [6.07, 6.45) is 0.733. The number of aromatic nitrogens is 2. The molecule has 0 aliphatic heterocycles. The maximum Gasteiger partial charge on any atom is 0.374 e. The van der Waals surface area contributed by atoms with Gasteiger partial charge in [0, 0.05) is 5.69 Å². The Morgan fingerprint density at radius 2 is 2.36 bits per heavy atom. The molecule has 0 atom stereocenters. The Balaban J connectivity index is 3.30. The fourth-order valence-electron chi connectivity index (χ4n) is 0.942. The summed E-state index contributed by atoms with van der Waals surface area (Å²) < 4.78 is 5.62. The SMILES string of the molecule is CCc1[nH]c(C(=O)OC)nc(=S)c1Br. The van der Waals surface area contributed by atoms with Crippen molar-refractivity contribution in [3.63, 3.8) is 0 Å². The van der Waals surface area contributed by atoms with Gasteiger partial charge in [-0.25, -0.2) is 9.78 Å². The molecule has 0 saturated carbocycles. The molecule has 0 saturated heterocycles. The van der Waals surface area contributed by atoms with Gasteiger partial charge in [-0.15, -0.1) is 0 Å². The van der Waals surface area contributed by atoms with Gasteiger partial charge in [-0.05, 0) is 22.4 Å². The largest absolute Gasteiger partial charge is 0.463 e. The predicted molar refractivity (Wildman–Crippen MR) is 57.8 cm³/mol. The average molecular weight is 277 g/mol. The molecule has 1 heterocycles. The van der Waals surface area contributed by atoms with Crippen LogP contribution in [0, 0.1) is 4.64 Å². The van der Waals surface area contributed by atoms with Gasteiger partial charge in [0.25, 0.3) is 0 Å². The fourth-order valence-corrected chi connectivity index (χ4v) is 1.63. The second-order valence-corrected chi connectivity index (χ2v) is 3.71. The van der Waals surface area contributed by atoms with Crippen LogP contribution in [0.5, 0.6) is 0 Å². The molecule has 0 radical (unpaired) electrons. The normalized spacial score (nSPS) is 9.93. The van der Waals surface area contributed by atoms with Crippen molar-refractivity contribution in [3.05, 3.63) is 20.6 Å². The van der Waals surface area contributed by atoms with E-state index in [1.54, 1.807) is 0 Å². The second kappa shape index (κ2) is 4.65. The summed E-state index contributed by atoms with van der Waals surface area (Å²) in [7, 11) is 1.30. The van der Waals surface area contributed by atoms with Gasteiger partial charge in [-0.2, -0.15) is 0 Å². The third kappa shape index (κ3) is 2.19. The van der Waals surface area contributed by atoms with Crippen molar-refractivity contribution < 1.29 is 9.53 Å². The minimum Gasteiger partial charge on any atom is -0.463 e. The van der Waals surface area contributed by atoms with Crippen LogP contribution < -0.4 is 0 Å². The lowest BCUT2D eigenvalue weighted by molar-refractivity contribution is 0.0586. The zero-order valence-electron chi connectivity index (χ0n) is 7.76. The number of esters is 1. The molecular formula is C8H9BrN2O2S. The first kappa shape index (κ1) is 11.3. The van der Waals surface area contributed by atoms with E-state index in [1.807, 2.05) is 6.92 Å². The molecule has 1 aromatic rings. The van der Waals surface area contributed by atoms with Crippen molar-refractivity contribution in [2.24, 2.45) is 0 Å². The molecule has 1 rings (SSSR count). The molecular weight excluding hydrogens is 268 g/mol. The van der Waals surface area contributed by atoms with Crippen LogP contribution in [0.2, 0.25) is 0 Å². The molecule has 0 aliphatic carbocycles. The Bertz CT molecular complexity index is 416. The Morgan fingerprint density at radius 1 is 1.71 bits per heavy atom. The van der Waals surface area contributed by atoms with E-state index in [2.05, 4.69) is 30.6 Å². The Morgan fingerprint density at radius 3 is 2.86 bits per heavy atom. The molecule has 14 heavy (non-hydrogen) atoms. The number of ether oxygens (including phenoxy) is 1. The number of H-pyrrole nitrogens is 1. The summed E-state index contributed by atoms with van der Waals surface area (Å²) in [6, 6.07) is 0. The molecule has 0 aromatic carbocycles. The van der Waals surface area contributed by atoms with Crippen LogP contribution >= 0.6 is 28.1 Å². The van der Waals surface area contributed by atoms with Crippen LogP contribution in [-0.2, 0) is 11.2 Å². The summed E-state index contributed by atoms with van der Waals surface area (Å²) >= 11 is 8.27. The molecule has 0 unspecified atom stereocenters. The molecule has 1 aromatic heterocycles. The minimum atomic E-state index is -0.515. The third-order valence-electron chi connectivity index (χ3n) is 1.67. The lowest BCUT2D eigenvalue weighted by Crippen LogP contribution is -2.09. The molecule has 0 aliphatic rings. The maximum absolute atomic E-state index is 11.2. The van der Waals surface area contributed by atoms with E-state index in [0.717, 1.165) is 16.6 Å². The van der Waals surface area contributed by atoms with Crippen molar-refractivity contribution >= 4 is 34.1 Å². The topological polar surface area (TPSA) is 55.0 Å². The van der Waals surface area contributed by atoms with E-state index in [9.17, 15) is 4.79 Å². The number of aromatic amines is 1. The number of hydrogen-bond acceptors (Lipinski definition) is 4. The van der Waals surface area contributed by atoms with Crippen molar-refractivity contribution in [2.75, 3.05) is 7.11 Å². The number of nitrogens with one attached hydrogen (secondary N) is 1. The maximum atomic E-state index is 11.2. The number of halogens is 1. The quantitative estimate of drug-likeness (QED) is 0.665. The number of methoxy groups -OCH3 is 1. The van der Waals surface area contributed by atoms with Gasteiger partial charge >= 0.3 is 5.97 Å². The highest BCUT2D eigenvalue weighted by atomic mass is 79.9. The van der Waals surface area contributed by atoms with Gasteiger partial charge in [0.15, 0.2) is 0 Å². The van der Waals surface area contributed by atoms with Crippen molar-refractivity contribution in [1.82, 2.24) is 9.97 Å². The van der Waals surface area contributed by atoms with Gasteiger partial charge in [-0.1, -0.05) is 19.1 Å². The molecule has 0 bridgehead atoms. The highest BCUT2D eigenvalue weighted by Gasteiger charge is 2.11. The van der Waals surface area contributed by atoms with Gasteiger partial charge < -0.3 is 9.72 Å². The zero-order chi connectivity index (χ0) is 10.7. The first-order valence-corrected chi connectivity index (χ1v) is 5.17. The number of nitrogens with zero attached hydrogens (tertiary/aromatic N) is 1. The van der Waals surface area contributed by atoms with Gasteiger partial charge in [0.1, 0.15) is 4.64 Å². The Kier molecular flexibility index (Phi) is 3.77. The van der Waals surface area contributed by atoms with Crippen LogP contribution in [0.3, 0.4) is 0 Å². The number of carbonyl (C=O) groups is 1. The van der Waals surface area contributed by atoms with E-state index in [4.69, 9.17) is 12.2 Å². The first-order valence-electron chi connectivity index (χ1n) is 3.97. The summed E-state index contributed by atoms with van der Waals surface area (Å²) in [6.45, 7) is 1.95. The van der Waals surface area contributed by atoms with Crippen molar-refractivity contribution in [1.29, 1.82) is 0 Å². The molecule has 6 heteroatoms. The predicted octanol–water partition coefficient (Wildman–Crippen LogP) is 2.25. The minimum absolute atomic E-state index is 0.137. The van der Waals surface area contributed by atoms with E-state index in [1.165, 1.54) is 7.11 Å². The molecule has 0 amide bonds. The summed E-state index contributed by atoms with van der Waals surface area (Å²) in [5.41, 5.74) is 0.838. The van der Waals surface area contributed by atoms with Crippen LogP contribution in [0.25, 0.3) is 0 Å². The number of aryl methyl sites for hydroxylation is 1. The van der Waals surface area contributed by atoms with Crippen LogP contribution in [0.15, 0.2) is 4.47 Å². The van der Waals surface area contributed by atoms with Crippen LogP contribution in [0.1, 0.15) is 23.2 Å². The van der Waals surface area contributed by atoms with Crippen molar-refractivity contribution in [3.8, 4) is 0 Å². The lowest BCUT2D eigenvalue weighted by Gasteiger charge is -2.04. The van der Waals surface area contributed by atoms with Gasteiger partial charge in [0.2, 0.25) is 5.82 Å². The number of carbonyl (C=O) groups excluding carboxylic acids is 1. The molecule has 4 nitrogen and oxygen atoms in total. The van der Waals surface area contributed by atoms with Crippen molar-refractivity contribution in [2.45, 2.75) is 13.3 Å². The van der Waals surface area contributed by atoms with E-state index in [0.29, 0.717) is 4.64 Å². The monoisotopic (exact) mass is 276 g/mol. The Hall–Kier alpha value is -0.750. The Labute approximate surface area is 94.8 Å². The van der Waals surface area contributed by atoms with Crippen LogP contribution in [-0.4, -0.2) is 23.0 Å². The second-order valence-electron chi connectivity index (χ2n) is 2.53. The van der Waals surface area contributed by atoms with Gasteiger partial charge in [0.05, 0.1) is 11.6 Å². The standard InChI is InChI=1S/C8H9BrN2O2S/c1-3-4-5(9)7(14)11-6(10-4)8(12)13-2/h3H2,1-2H3,(H,10,11,14). The first-order chi connectivity index (χ1) is 6.60. The van der Waals surface area contributed by atoms with Gasteiger partial charge in [-0.3, -0.25) is 0 Å². The third-order valence-corrected chi connectivity index (χ3v) is 3.08. The van der Waals surface area contributed by atoms with E-state index >= 15 is 0 Å². The lowest BCUT2D eigenvalue weighted by atomic mass is 10.3. The molecule has 1 N–H and O–H groups in total. The highest BCUT2D eigenvalue weighted by molar-refractivity contribution is 9.10. The highest BCUT2D eigenvalue weighted by Crippen LogP contribution is 2.16. The number of rotatable bonds is 2. The molecule has 76 valence electrons.